The van der Waals surface area contributed by atoms with Gasteiger partial charge in [-0.1, -0.05) is 18.5 Å². The molecule has 0 aliphatic carbocycles. The molecule has 8 heteroatoms. The van der Waals surface area contributed by atoms with Gasteiger partial charge in [0.2, 0.25) is 11.8 Å². The first kappa shape index (κ1) is 21.8. The second kappa shape index (κ2) is 10.1. The summed E-state index contributed by atoms with van der Waals surface area (Å²) in [5, 5.41) is 14.3. The van der Waals surface area contributed by atoms with Crippen LogP contribution in [0.5, 0.6) is 0 Å². The molecule has 2 aromatic carbocycles. The Bertz CT molecular complexity index is 871. The molecule has 2 aromatic rings. The highest BCUT2D eigenvalue weighted by Gasteiger charge is 2.16. The molecule has 0 heterocycles. The SMILES string of the molecule is CCCC(=O)Nc1ccc(SC(C)C(=O)Nc2ccc(Cl)c(C(=O)O)c2)cc1. The quantitative estimate of drug-likeness (QED) is 0.528. The van der Waals surface area contributed by atoms with Gasteiger partial charge in [-0.3, -0.25) is 9.59 Å². The second-order valence-electron chi connectivity index (χ2n) is 6.07. The van der Waals surface area contributed by atoms with Crippen molar-refractivity contribution >= 4 is 52.5 Å². The Morgan fingerprint density at radius 1 is 1.07 bits per heavy atom. The number of benzene rings is 2. The van der Waals surface area contributed by atoms with Gasteiger partial charge in [0, 0.05) is 22.7 Å². The van der Waals surface area contributed by atoms with Crippen LogP contribution in [0, 0.1) is 0 Å². The van der Waals surface area contributed by atoms with Gasteiger partial charge in [0.05, 0.1) is 15.8 Å². The van der Waals surface area contributed by atoms with Crippen molar-refractivity contribution in [3.63, 3.8) is 0 Å². The smallest absolute Gasteiger partial charge is 0.337 e. The first-order valence-electron chi connectivity index (χ1n) is 8.70. The summed E-state index contributed by atoms with van der Waals surface area (Å²) in [5.74, 6) is -1.45. The largest absolute Gasteiger partial charge is 0.478 e. The van der Waals surface area contributed by atoms with E-state index in [-0.39, 0.29) is 22.4 Å². The minimum Gasteiger partial charge on any atom is -0.478 e. The summed E-state index contributed by atoms with van der Waals surface area (Å²) in [4.78, 5) is 36.0. The van der Waals surface area contributed by atoms with Crippen molar-refractivity contribution in [3.05, 3.63) is 53.1 Å². The first-order valence-corrected chi connectivity index (χ1v) is 9.96. The molecule has 0 aromatic heterocycles. The topological polar surface area (TPSA) is 95.5 Å². The number of hydrogen-bond donors (Lipinski definition) is 3. The minimum absolute atomic E-state index is 0.0284. The third-order valence-electron chi connectivity index (χ3n) is 3.76. The maximum absolute atomic E-state index is 12.4. The normalized spacial score (nSPS) is 11.5. The minimum atomic E-state index is -1.16. The zero-order chi connectivity index (χ0) is 20.7. The molecule has 0 fully saturated rings. The molecule has 0 spiro atoms. The van der Waals surface area contributed by atoms with Gasteiger partial charge >= 0.3 is 5.97 Å². The maximum Gasteiger partial charge on any atom is 0.337 e. The van der Waals surface area contributed by atoms with E-state index in [1.54, 1.807) is 25.1 Å². The highest BCUT2D eigenvalue weighted by molar-refractivity contribution is 8.00. The number of anilines is 2. The highest BCUT2D eigenvalue weighted by atomic mass is 35.5. The van der Waals surface area contributed by atoms with E-state index in [0.29, 0.717) is 17.8 Å². The number of carboxylic acid groups (broad SMARTS) is 1. The van der Waals surface area contributed by atoms with Crippen LogP contribution in [0.2, 0.25) is 5.02 Å². The third kappa shape index (κ3) is 6.28. The number of aromatic carboxylic acids is 1. The Kier molecular flexibility index (Phi) is 7.90. The predicted molar refractivity (Wildman–Crippen MR) is 112 cm³/mol. The third-order valence-corrected chi connectivity index (χ3v) is 5.20. The Morgan fingerprint density at radius 2 is 1.71 bits per heavy atom. The van der Waals surface area contributed by atoms with Crippen molar-refractivity contribution in [2.75, 3.05) is 10.6 Å². The summed E-state index contributed by atoms with van der Waals surface area (Å²) in [6.07, 6.45) is 1.26. The van der Waals surface area contributed by atoms with E-state index in [1.165, 1.54) is 23.9 Å². The number of carbonyl (C=O) groups is 3. The molecule has 6 nitrogen and oxygen atoms in total. The van der Waals surface area contributed by atoms with E-state index in [2.05, 4.69) is 10.6 Å². The Balaban J connectivity index is 1.96. The van der Waals surface area contributed by atoms with Gasteiger partial charge in [0.15, 0.2) is 0 Å². The van der Waals surface area contributed by atoms with Gasteiger partial charge in [0.25, 0.3) is 0 Å². The van der Waals surface area contributed by atoms with Crippen molar-refractivity contribution in [1.29, 1.82) is 0 Å². The summed E-state index contributed by atoms with van der Waals surface area (Å²) in [6.45, 7) is 3.70. The van der Waals surface area contributed by atoms with Crippen LogP contribution in [0.3, 0.4) is 0 Å². The number of halogens is 1. The lowest BCUT2D eigenvalue weighted by Crippen LogP contribution is -2.22. The van der Waals surface area contributed by atoms with Gasteiger partial charge in [-0.05, 0) is 55.8 Å². The van der Waals surface area contributed by atoms with Crippen LogP contribution in [0.25, 0.3) is 0 Å². The standard InChI is InChI=1S/C20H21ClN2O4S/c1-3-4-18(24)22-13-5-8-15(9-6-13)28-12(2)19(25)23-14-7-10-17(21)16(11-14)20(26)27/h5-12H,3-4H2,1-2H3,(H,22,24)(H,23,25)(H,26,27). The molecule has 1 unspecified atom stereocenters. The molecule has 148 valence electrons. The van der Waals surface area contributed by atoms with Gasteiger partial charge in [-0.25, -0.2) is 4.79 Å². The number of amides is 2. The molecule has 0 radical (unpaired) electrons. The van der Waals surface area contributed by atoms with Gasteiger partial charge in [-0.15, -0.1) is 11.8 Å². The summed E-state index contributed by atoms with van der Waals surface area (Å²) in [6, 6.07) is 11.6. The maximum atomic E-state index is 12.4. The summed E-state index contributed by atoms with van der Waals surface area (Å²) in [5.41, 5.74) is 1.01. The zero-order valence-corrected chi connectivity index (χ0v) is 17.1. The zero-order valence-electron chi connectivity index (χ0n) is 15.5. The number of nitrogens with one attached hydrogen (secondary N) is 2. The van der Waals surface area contributed by atoms with Crippen LogP contribution in [-0.4, -0.2) is 28.1 Å². The van der Waals surface area contributed by atoms with E-state index >= 15 is 0 Å². The van der Waals surface area contributed by atoms with Crippen LogP contribution in [0.1, 0.15) is 37.0 Å². The van der Waals surface area contributed by atoms with E-state index in [0.717, 1.165) is 11.3 Å². The lowest BCUT2D eigenvalue weighted by molar-refractivity contribution is -0.116. The number of carboxylic acids is 1. The molecule has 2 amide bonds. The molecule has 2 rings (SSSR count). The van der Waals surface area contributed by atoms with E-state index in [9.17, 15) is 14.4 Å². The number of carbonyl (C=O) groups excluding carboxylic acids is 2. The van der Waals surface area contributed by atoms with Crippen LogP contribution < -0.4 is 10.6 Å². The Morgan fingerprint density at radius 3 is 2.32 bits per heavy atom. The van der Waals surface area contributed by atoms with Gasteiger partial charge < -0.3 is 15.7 Å². The van der Waals surface area contributed by atoms with E-state index < -0.39 is 11.2 Å². The average molecular weight is 421 g/mol. The van der Waals surface area contributed by atoms with Crippen molar-refractivity contribution in [3.8, 4) is 0 Å². The first-order chi connectivity index (χ1) is 13.3. The lowest BCUT2D eigenvalue weighted by atomic mass is 10.2. The monoisotopic (exact) mass is 420 g/mol. The molecule has 0 saturated carbocycles. The van der Waals surface area contributed by atoms with E-state index in [4.69, 9.17) is 16.7 Å². The van der Waals surface area contributed by atoms with Crippen LogP contribution in [-0.2, 0) is 9.59 Å². The molecule has 0 aliphatic heterocycles. The lowest BCUT2D eigenvalue weighted by Gasteiger charge is -2.13. The number of thioether (sulfide) groups is 1. The Labute approximate surface area is 172 Å². The Hall–Kier alpha value is -2.51. The van der Waals surface area contributed by atoms with Crippen molar-refractivity contribution in [2.24, 2.45) is 0 Å². The molecule has 0 bridgehead atoms. The predicted octanol–water partition coefficient (Wildman–Crippen LogP) is 4.90. The average Bonchev–Trinajstić information content (AvgIpc) is 2.64. The van der Waals surface area contributed by atoms with Crippen molar-refractivity contribution in [2.45, 2.75) is 36.8 Å². The fourth-order valence-electron chi connectivity index (χ4n) is 2.34. The molecular weight excluding hydrogens is 400 g/mol. The second-order valence-corrected chi connectivity index (χ2v) is 7.89. The van der Waals surface area contributed by atoms with Gasteiger partial charge in [0.1, 0.15) is 0 Å². The summed E-state index contributed by atoms with van der Waals surface area (Å²) < 4.78 is 0. The van der Waals surface area contributed by atoms with Gasteiger partial charge in [-0.2, -0.15) is 0 Å². The van der Waals surface area contributed by atoms with Crippen LogP contribution in [0.15, 0.2) is 47.4 Å². The molecule has 0 aliphatic rings. The van der Waals surface area contributed by atoms with Crippen LogP contribution >= 0.6 is 23.4 Å². The van der Waals surface area contributed by atoms with Crippen molar-refractivity contribution < 1.29 is 19.5 Å². The van der Waals surface area contributed by atoms with Crippen LogP contribution in [0.4, 0.5) is 11.4 Å². The summed E-state index contributed by atoms with van der Waals surface area (Å²) >= 11 is 7.19. The molecule has 3 N–H and O–H groups in total. The number of hydrogen-bond acceptors (Lipinski definition) is 4. The summed E-state index contributed by atoms with van der Waals surface area (Å²) in [7, 11) is 0. The highest BCUT2D eigenvalue weighted by Crippen LogP contribution is 2.26. The fraction of sp³-hybridized carbons (Fsp3) is 0.250. The number of rotatable bonds is 8. The van der Waals surface area contributed by atoms with E-state index in [1.807, 2.05) is 19.1 Å². The van der Waals surface area contributed by atoms with Crippen molar-refractivity contribution in [1.82, 2.24) is 0 Å². The molecule has 0 saturated heterocycles. The molecule has 28 heavy (non-hydrogen) atoms. The molecular formula is C20H21ClN2O4S. The molecule has 1 atom stereocenters. The fourth-order valence-corrected chi connectivity index (χ4v) is 3.40.